The summed E-state index contributed by atoms with van der Waals surface area (Å²) in [7, 11) is 0. The zero-order valence-electron chi connectivity index (χ0n) is 12.1. The summed E-state index contributed by atoms with van der Waals surface area (Å²) in [6.45, 7) is 4.09. The lowest BCUT2D eigenvalue weighted by atomic mass is 10.1. The first-order valence-corrected chi connectivity index (χ1v) is 6.82. The molecule has 0 unspecified atom stereocenters. The van der Waals surface area contributed by atoms with E-state index in [0.29, 0.717) is 11.4 Å². The van der Waals surface area contributed by atoms with E-state index < -0.39 is 11.8 Å². The van der Waals surface area contributed by atoms with Gasteiger partial charge in [-0.25, -0.2) is 0 Å². The van der Waals surface area contributed by atoms with Gasteiger partial charge in [0.25, 0.3) is 0 Å². The lowest BCUT2D eigenvalue weighted by Gasteiger charge is -2.12. The smallest absolute Gasteiger partial charge is 0.313 e. The number of carbonyl (C=O) groups is 2. The predicted octanol–water partition coefficient (Wildman–Crippen LogP) is 2.41. The molecule has 0 aliphatic carbocycles. The maximum Gasteiger partial charge on any atom is 0.313 e. The molecule has 21 heavy (non-hydrogen) atoms. The van der Waals surface area contributed by atoms with E-state index in [1.165, 1.54) is 6.26 Å². The van der Waals surface area contributed by atoms with E-state index in [4.69, 9.17) is 4.42 Å². The van der Waals surface area contributed by atoms with E-state index in [0.717, 1.165) is 17.5 Å². The standard InChI is InChI=1S/C16H18N2O3/c1-3-12-7-4-6-11(2)14(12)18-16(20)15(19)17-10-13-8-5-9-21-13/h4-9H,3,10H2,1-2H3,(H,17,19)(H,18,20). The predicted molar refractivity (Wildman–Crippen MR) is 79.7 cm³/mol. The van der Waals surface area contributed by atoms with Gasteiger partial charge in [-0.1, -0.05) is 25.1 Å². The fourth-order valence-corrected chi connectivity index (χ4v) is 2.03. The number of furan rings is 1. The van der Waals surface area contributed by atoms with Crippen LogP contribution in [0.25, 0.3) is 0 Å². The Morgan fingerprint density at radius 1 is 1.14 bits per heavy atom. The molecular weight excluding hydrogens is 268 g/mol. The van der Waals surface area contributed by atoms with Gasteiger partial charge in [0.05, 0.1) is 12.8 Å². The summed E-state index contributed by atoms with van der Waals surface area (Å²) in [5.41, 5.74) is 2.64. The van der Waals surface area contributed by atoms with Crippen molar-refractivity contribution in [2.45, 2.75) is 26.8 Å². The average molecular weight is 286 g/mol. The van der Waals surface area contributed by atoms with Crippen LogP contribution in [0.1, 0.15) is 23.8 Å². The highest BCUT2D eigenvalue weighted by molar-refractivity contribution is 6.39. The van der Waals surface area contributed by atoms with Crippen LogP contribution in [-0.4, -0.2) is 11.8 Å². The molecule has 0 saturated heterocycles. The van der Waals surface area contributed by atoms with Crippen molar-refractivity contribution in [2.24, 2.45) is 0 Å². The monoisotopic (exact) mass is 286 g/mol. The van der Waals surface area contributed by atoms with Crippen molar-refractivity contribution in [3.63, 3.8) is 0 Å². The van der Waals surface area contributed by atoms with Crippen molar-refractivity contribution in [3.05, 3.63) is 53.5 Å². The van der Waals surface area contributed by atoms with E-state index in [2.05, 4.69) is 10.6 Å². The fraction of sp³-hybridized carbons (Fsp3) is 0.250. The summed E-state index contributed by atoms with van der Waals surface area (Å²) < 4.78 is 5.09. The number of carbonyl (C=O) groups excluding carboxylic acids is 2. The molecule has 5 nitrogen and oxygen atoms in total. The van der Waals surface area contributed by atoms with Crippen molar-refractivity contribution in [1.82, 2.24) is 5.32 Å². The molecule has 2 aromatic rings. The van der Waals surface area contributed by atoms with Crippen LogP contribution in [0.2, 0.25) is 0 Å². The molecule has 1 aromatic heterocycles. The third-order valence-electron chi connectivity index (χ3n) is 3.19. The number of hydrogen-bond donors (Lipinski definition) is 2. The summed E-state index contributed by atoms with van der Waals surface area (Å²) in [5.74, 6) is -0.761. The van der Waals surface area contributed by atoms with Gasteiger partial charge in [-0.2, -0.15) is 0 Å². The maximum absolute atomic E-state index is 11.9. The first-order chi connectivity index (χ1) is 10.1. The van der Waals surface area contributed by atoms with Gasteiger partial charge in [-0.15, -0.1) is 0 Å². The molecule has 0 aliphatic heterocycles. The van der Waals surface area contributed by atoms with Gasteiger partial charge in [0.2, 0.25) is 0 Å². The van der Waals surface area contributed by atoms with Crippen molar-refractivity contribution in [3.8, 4) is 0 Å². The molecule has 2 N–H and O–H groups in total. The minimum Gasteiger partial charge on any atom is -0.467 e. The van der Waals surface area contributed by atoms with Crippen molar-refractivity contribution >= 4 is 17.5 Å². The average Bonchev–Trinajstić information content (AvgIpc) is 3.00. The summed E-state index contributed by atoms with van der Waals surface area (Å²) in [6.07, 6.45) is 2.30. The summed E-state index contributed by atoms with van der Waals surface area (Å²) in [6, 6.07) is 9.22. The Hall–Kier alpha value is -2.56. The van der Waals surface area contributed by atoms with Crippen LogP contribution in [0.15, 0.2) is 41.0 Å². The molecular formula is C16H18N2O3. The second kappa shape index (κ2) is 6.74. The van der Waals surface area contributed by atoms with Gasteiger partial charge in [0.1, 0.15) is 5.76 Å². The summed E-state index contributed by atoms with van der Waals surface area (Å²) in [5, 5.41) is 5.20. The van der Waals surface area contributed by atoms with Crippen LogP contribution < -0.4 is 10.6 Å². The van der Waals surface area contributed by atoms with E-state index in [1.54, 1.807) is 12.1 Å². The molecule has 1 heterocycles. The lowest BCUT2D eigenvalue weighted by Crippen LogP contribution is -2.35. The largest absolute Gasteiger partial charge is 0.467 e. The van der Waals surface area contributed by atoms with E-state index in [-0.39, 0.29) is 6.54 Å². The van der Waals surface area contributed by atoms with Crippen LogP contribution in [0.4, 0.5) is 5.69 Å². The number of rotatable bonds is 4. The molecule has 0 fully saturated rings. The van der Waals surface area contributed by atoms with E-state index in [1.807, 2.05) is 32.0 Å². The van der Waals surface area contributed by atoms with Gasteiger partial charge in [0.15, 0.2) is 0 Å². The Labute approximate surface area is 123 Å². The van der Waals surface area contributed by atoms with Crippen molar-refractivity contribution in [2.75, 3.05) is 5.32 Å². The number of anilines is 1. The first kappa shape index (κ1) is 14.8. The number of amides is 2. The molecule has 0 bridgehead atoms. The van der Waals surface area contributed by atoms with Crippen LogP contribution >= 0.6 is 0 Å². The van der Waals surface area contributed by atoms with Gasteiger partial charge < -0.3 is 15.1 Å². The van der Waals surface area contributed by atoms with Gasteiger partial charge in [0, 0.05) is 5.69 Å². The highest BCUT2D eigenvalue weighted by Gasteiger charge is 2.16. The number of nitrogens with one attached hydrogen (secondary N) is 2. The second-order valence-electron chi connectivity index (χ2n) is 4.68. The van der Waals surface area contributed by atoms with Crippen LogP contribution in [0, 0.1) is 6.92 Å². The van der Waals surface area contributed by atoms with Gasteiger partial charge in [-0.3, -0.25) is 9.59 Å². The SMILES string of the molecule is CCc1cccc(C)c1NC(=O)C(=O)NCc1ccco1. The molecule has 0 aliphatic rings. The fourth-order valence-electron chi connectivity index (χ4n) is 2.03. The molecule has 1 aromatic carbocycles. The van der Waals surface area contributed by atoms with Crippen molar-refractivity contribution < 1.29 is 14.0 Å². The Balaban J connectivity index is 1.99. The molecule has 0 radical (unpaired) electrons. The Morgan fingerprint density at radius 2 is 1.95 bits per heavy atom. The summed E-state index contributed by atoms with van der Waals surface area (Å²) >= 11 is 0. The van der Waals surface area contributed by atoms with Crippen LogP contribution in [0.5, 0.6) is 0 Å². The Kier molecular flexibility index (Phi) is 4.77. The van der Waals surface area contributed by atoms with Crippen molar-refractivity contribution in [1.29, 1.82) is 0 Å². The molecule has 2 rings (SSSR count). The quantitative estimate of drug-likeness (QED) is 0.848. The topological polar surface area (TPSA) is 71.3 Å². The zero-order valence-corrected chi connectivity index (χ0v) is 12.1. The number of hydrogen-bond acceptors (Lipinski definition) is 3. The number of benzene rings is 1. The molecule has 0 saturated carbocycles. The zero-order chi connectivity index (χ0) is 15.2. The molecule has 2 amide bonds. The minimum absolute atomic E-state index is 0.188. The van der Waals surface area contributed by atoms with Crippen LogP contribution in [-0.2, 0) is 22.6 Å². The third-order valence-corrected chi connectivity index (χ3v) is 3.19. The Morgan fingerprint density at radius 3 is 2.62 bits per heavy atom. The second-order valence-corrected chi connectivity index (χ2v) is 4.68. The Bertz CT molecular complexity index is 633. The third kappa shape index (κ3) is 3.72. The van der Waals surface area contributed by atoms with Gasteiger partial charge >= 0.3 is 11.8 Å². The minimum atomic E-state index is -0.684. The van der Waals surface area contributed by atoms with Gasteiger partial charge in [-0.05, 0) is 36.6 Å². The lowest BCUT2D eigenvalue weighted by molar-refractivity contribution is -0.136. The van der Waals surface area contributed by atoms with E-state index in [9.17, 15) is 9.59 Å². The number of aryl methyl sites for hydroxylation is 2. The maximum atomic E-state index is 11.9. The van der Waals surface area contributed by atoms with E-state index >= 15 is 0 Å². The first-order valence-electron chi connectivity index (χ1n) is 6.82. The molecule has 0 atom stereocenters. The normalized spacial score (nSPS) is 10.2. The molecule has 5 heteroatoms. The number of para-hydroxylation sites is 1. The summed E-state index contributed by atoms with van der Waals surface area (Å²) in [4.78, 5) is 23.7. The van der Waals surface area contributed by atoms with Crippen LogP contribution in [0.3, 0.4) is 0 Å². The molecule has 110 valence electrons. The highest BCUT2D eigenvalue weighted by atomic mass is 16.3. The highest BCUT2D eigenvalue weighted by Crippen LogP contribution is 2.20. The molecule has 0 spiro atoms.